The molecule has 124 valence electrons. The van der Waals surface area contributed by atoms with E-state index in [2.05, 4.69) is 35.4 Å². The lowest BCUT2D eigenvalue weighted by molar-refractivity contribution is 0.122. The van der Waals surface area contributed by atoms with Gasteiger partial charge in [-0.3, -0.25) is 0 Å². The predicted octanol–water partition coefficient (Wildman–Crippen LogP) is 3.55. The second-order valence-corrected chi connectivity index (χ2v) is 7.32. The van der Waals surface area contributed by atoms with E-state index >= 15 is 0 Å². The van der Waals surface area contributed by atoms with Gasteiger partial charge >= 0.3 is 0 Å². The molecule has 1 aromatic heterocycles. The third-order valence-corrected chi connectivity index (χ3v) is 4.28. The molecule has 0 spiro atoms. The van der Waals surface area contributed by atoms with Gasteiger partial charge in [0.25, 0.3) is 0 Å². The van der Waals surface area contributed by atoms with Gasteiger partial charge in [0.2, 0.25) is 5.13 Å². The van der Waals surface area contributed by atoms with Crippen LogP contribution in [0.15, 0.2) is 18.2 Å². The van der Waals surface area contributed by atoms with Gasteiger partial charge in [0.1, 0.15) is 11.6 Å². The summed E-state index contributed by atoms with van der Waals surface area (Å²) in [6.45, 7) is 8.91. The first-order chi connectivity index (χ1) is 10.9. The molecule has 2 heterocycles. The predicted molar refractivity (Wildman–Crippen MR) is 91.3 cm³/mol. The van der Waals surface area contributed by atoms with Crippen LogP contribution in [0.2, 0.25) is 0 Å². The molecule has 1 aliphatic heterocycles. The summed E-state index contributed by atoms with van der Waals surface area (Å²) in [5.74, 6) is 0.549. The number of hydrogen-bond acceptors (Lipinski definition) is 6. The van der Waals surface area contributed by atoms with E-state index in [0.717, 1.165) is 18.9 Å². The lowest BCUT2D eigenvalue weighted by atomic mass is 9.96. The van der Waals surface area contributed by atoms with Crippen molar-refractivity contribution in [2.75, 3.05) is 36.5 Å². The molecule has 7 heteroatoms. The van der Waals surface area contributed by atoms with Gasteiger partial charge in [0.15, 0.2) is 0 Å². The first-order valence-electron chi connectivity index (χ1n) is 7.67. The van der Waals surface area contributed by atoms with E-state index in [-0.39, 0.29) is 11.2 Å². The topological polar surface area (TPSA) is 50.3 Å². The van der Waals surface area contributed by atoms with Crippen molar-refractivity contribution < 1.29 is 9.13 Å². The lowest BCUT2D eigenvalue weighted by Crippen LogP contribution is -2.36. The highest BCUT2D eigenvalue weighted by molar-refractivity contribution is 7.09. The number of ether oxygens (including phenoxy) is 1. The van der Waals surface area contributed by atoms with E-state index in [1.54, 1.807) is 6.07 Å². The van der Waals surface area contributed by atoms with Crippen LogP contribution in [0.3, 0.4) is 0 Å². The van der Waals surface area contributed by atoms with E-state index in [0.29, 0.717) is 29.7 Å². The number of benzene rings is 1. The van der Waals surface area contributed by atoms with Crippen molar-refractivity contribution >= 4 is 28.0 Å². The number of rotatable bonds is 3. The van der Waals surface area contributed by atoms with Gasteiger partial charge in [-0.15, -0.1) is 0 Å². The van der Waals surface area contributed by atoms with E-state index in [1.165, 1.54) is 17.6 Å². The van der Waals surface area contributed by atoms with Gasteiger partial charge in [-0.05, 0) is 18.2 Å². The highest BCUT2D eigenvalue weighted by Gasteiger charge is 2.20. The summed E-state index contributed by atoms with van der Waals surface area (Å²) >= 11 is 1.29. The number of anilines is 3. The van der Waals surface area contributed by atoms with Crippen LogP contribution in [0, 0.1) is 5.82 Å². The Labute approximate surface area is 139 Å². The number of nitrogens with zero attached hydrogens (tertiary/aromatic N) is 3. The van der Waals surface area contributed by atoms with Crippen LogP contribution in [0.25, 0.3) is 0 Å². The minimum Gasteiger partial charge on any atom is -0.378 e. The molecule has 0 aliphatic carbocycles. The van der Waals surface area contributed by atoms with E-state index in [9.17, 15) is 4.39 Å². The Balaban J connectivity index is 1.74. The molecule has 1 saturated heterocycles. The van der Waals surface area contributed by atoms with Crippen molar-refractivity contribution in [2.45, 2.75) is 26.2 Å². The molecule has 0 radical (unpaired) electrons. The van der Waals surface area contributed by atoms with Crippen molar-refractivity contribution in [3.63, 3.8) is 0 Å². The average Bonchev–Trinajstić information content (AvgIpc) is 2.97. The van der Waals surface area contributed by atoms with Crippen LogP contribution in [0.1, 0.15) is 26.6 Å². The quantitative estimate of drug-likeness (QED) is 0.929. The first kappa shape index (κ1) is 16.1. The fraction of sp³-hybridized carbons (Fsp3) is 0.500. The average molecular weight is 336 g/mol. The standard InChI is InChI=1S/C16H21FN4OS/c1-16(2,3)14-19-15(23-20-14)18-11-4-5-13(12(17)10-11)21-6-8-22-9-7-21/h4-5,10H,6-9H2,1-3H3,(H,18,19,20). The number of aromatic nitrogens is 2. The summed E-state index contributed by atoms with van der Waals surface area (Å²) in [5.41, 5.74) is 1.20. The van der Waals surface area contributed by atoms with Crippen molar-refractivity contribution in [1.82, 2.24) is 9.36 Å². The number of morpholine rings is 1. The maximum Gasteiger partial charge on any atom is 0.207 e. The van der Waals surface area contributed by atoms with Crippen LogP contribution in [0.5, 0.6) is 0 Å². The summed E-state index contributed by atoms with van der Waals surface area (Å²) in [6.07, 6.45) is 0. The van der Waals surface area contributed by atoms with Gasteiger partial charge in [-0.25, -0.2) is 9.37 Å². The highest BCUT2D eigenvalue weighted by atomic mass is 32.1. The molecule has 2 aromatic rings. The third kappa shape index (κ3) is 3.79. The second-order valence-electron chi connectivity index (χ2n) is 6.56. The molecule has 0 saturated carbocycles. The molecule has 5 nitrogen and oxygen atoms in total. The van der Waals surface area contributed by atoms with Crippen LogP contribution in [-0.2, 0) is 10.2 Å². The fourth-order valence-electron chi connectivity index (χ4n) is 2.35. The molecule has 3 rings (SSSR count). The normalized spacial score (nSPS) is 15.7. The summed E-state index contributed by atoms with van der Waals surface area (Å²) < 4.78 is 24.0. The molecule has 0 bridgehead atoms. The zero-order chi connectivity index (χ0) is 16.4. The van der Waals surface area contributed by atoms with Crippen molar-refractivity contribution in [3.8, 4) is 0 Å². The summed E-state index contributed by atoms with van der Waals surface area (Å²) in [4.78, 5) is 6.47. The monoisotopic (exact) mass is 336 g/mol. The maximum absolute atomic E-state index is 14.4. The zero-order valence-electron chi connectivity index (χ0n) is 13.6. The van der Waals surface area contributed by atoms with Crippen LogP contribution < -0.4 is 10.2 Å². The minimum atomic E-state index is -0.238. The maximum atomic E-state index is 14.4. The Bertz CT molecular complexity index is 677. The largest absolute Gasteiger partial charge is 0.378 e. The highest BCUT2D eigenvalue weighted by Crippen LogP contribution is 2.28. The zero-order valence-corrected chi connectivity index (χ0v) is 14.4. The molecular weight excluding hydrogens is 315 g/mol. The molecule has 1 aromatic carbocycles. The third-order valence-electron chi connectivity index (χ3n) is 3.65. The molecule has 0 amide bonds. The van der Waals surface area contributed by atoms with Gasteiger partial charge in [0, 0.05) is 35.7 Å². The molecule has 0 atom stereocenters. The molecule has 0 unspecified atom stereocenters. The summed E-state index contributed by atoms with van der Waals surface area (Å²) in [5, 5.41) is 3.80. The fourth-order valence-corrected chi connectivity index (χ4v) is 3.13. The van der Waals surface area contributed by atoms with E-state index < -0.39 is 0 Å². The Morgan fingerprint density at radius 2 is 2.00 bits per heavy atom. The van der Waals surface area contributed by atoms with Crippen molar-refractivity contribution in [1.29, 1.82) is 0 Å². The first-order valence-corrected chi connectivity index (χ1v) is 8.44. The smallest absolute Gasteiger partial charge is 0.207 e. The SMILES string of the molecule is CC(C)(C)c1nsc(Nc2ccc(N3CCOCC3)c(F)c2)n1. The molecule has 1 N–H and O–H groups in total. The van der Waals surface area contributed by atoms with Gasteiger partial charge in [-0.2, -0.15) is 4.37 Å². The molecule has 23 heavy (non-hydrogen) atoms. The minimum absolute atomic E-state index is 0.0954. The Hall–Kier alpha value is -1.73. The van der Waals surface area contributed by atoms with E-state index in [1.807, 2.05) is 11.0 Å². The lowest BCUT2D eigenvalue weighted by Gasteiger charge is -2.29. The summed E-state index contributed by atoms with van der Waals surface area (Å²) in [6, 6.07) is 5.17. The van der Waals surface area contributed by atoms with Crippen LogP contribution >= 0.6 is 11.5 Å². The molecule has 1 aliphatic rings. The number of nitrogens with one attached hydrogen (secondary N) is 1. The van der Waals surface area contributed by atoms with Crippen molar-refractivity contribution in [3.05, 3.63) is 29.8 Å². The van der Waals surface area contributed by atoms with Crippen LogP contribution in [0.4, 0.5) is 20.9 Å². The van der Waals surface area contributed by atoms with E-state index in [4.69, 9.17) is 4.74 Å². The summed E-state index contributed by atoms with van der Waals surface area (Å²) in [7, 11) is 0. The van der Waals surface area contributed by atoms with Gasteiger partial charge < -0.3 is 15.0 Å². The second kappa shape index (κ2) is 6.41. The Morgan fingerprint density at radius 3 is 2.61 bits per heavy atom. The number of halogens is 1. The van der Waals surface area contributed by atoms with Crippen molar-refractivity contribution in [2.24, 2.45) is 0 Å². The Morgan fingerprint density at radius 1 is 1.26 bits per heavy atom. The van der Waals surface area contributed by atoms with Gasteiger partial charge in [-0.1, -0.05) is 20.8 Å². The van der Waals surface area contributed by atoms with Crippen LogP contribution in [-0.4, -0.2) is 35.7 Å². The molecular formula is C16H21FN4OS. The number of hydrogen-bond donors (Lipinski definition) is 1. The van der Waals surface area contributed by atoms with Gasteiger partial charge in [0.05, 0.1) is 18.9 Å². The molecule has 1 fully saturated rings. The Kier molecular flexibility index (Phi) is 4.50.